The van der Waals surface area contributed by atoms with Crippen LogP contribution in [0, 0.1) is 17.2 Å². The minimum atomic E-state index is 0.571. The highest BCUT2D eigenvalue weighted by atomic mass is 15.2. The van der Waals surface area contributed by atoms with Crippen molar-refractivity contribution in [2.45, 2.75) is 13.3 Å². The third-order valence-corrected chi connectivity index (χ3v) is 2.65. The van der Waals surface area contributed by atoms with E-state index in [-0.39, 0.29) is 0 Å². The number of rotatable bonds is 2. The minimum absolute atomic E-state index is 0.571. The highest BCUT2D eigenvalue weighted by molar-refractivity contribution is 5.53. The second-order valence-electron chi connectivity index (χ2n) is 3.55. The monoisotopic (exact) mass is 188 g/mol. The molecule has 0 spiro atoms. The summed E-state index contributed by atoms with van der Waals surface area (Å²) in [6.45, 7) is 4.22. The van der Waals surface area contributed by atoms with Gasteiger partial charge in [-0.3, -0.25) is 0 Å². The van der Waals surface area contributed by atoms with E-state index in [9.17, 15) is 0 Å². The Bertz CT molecular complexity index is 363. The molecule has 4 nitrogen and oxygen atoms in total. The largest absolute Gasteiger partial charge is 0.355 e. The molecule has 72 valence electrons. The first-order valence-corrected chi connectivity index (χ1v) is 4.80. The van der Waals surface area contributed by atoms with Crippen molar-refractivity contribution in [3.8, 4) is 6.07 Å². The van der Waals surface area contributed by atoms with Gasteiger partial charge in [-0.15, -0.1) is 0 Å². The molecule has 0 amide bonds. The van der Waals surface area contributed by atoms with E-state index in [1.165, 1.54) is 12.7 Å². The van der Waals surface area contributed by atoms with Crippen LogP contribution in [0.15, 0.2) is 12.5 Å². The minimum Gasteiger partial charge on any atom is -0.355 e. The SMILES string of the molecule is CCC1CN(c2ncncc2C#N)C1. The summed E-state index contributed by atoms with van der Waals surface area (Å²) in [5.74, 6) is 1.55. The first kappa shape index (κ1) is 8.95. The molecule has 1 aliphatic rings. The molecule has 0 atom stereocenters. The Morgan fingerprint density at radius 2 is 2.43 bits per heavy atom. The summed E-state index contributed by atoms with van der Waals surface area (Å²) in [6, 6.07) is 2.11. The van der Waals surface area contributed by atoms with E-state index in [0.717, 1.165) is 24.8 Å². The molecule has 0 bridgehead atoms. The van der Waals surface area contributed by atoms with Crippen molar-refractivity contribution in [2.75, 3.05) is 18.0 Å². The molecule has 0 unspecified atom stereocenters. The van der Waals surface area contributed by atoms with Crippen LogP contribution in [-0.2, 0) is 0 Å². The Morgan fingerprint density at radius 1 is 1.64 bits per heavy atom. The molecular formula is C10H12N4. The molecule has 14 heavy (non-hydrogen) atoms. The van der Waals surface area contributed by atoms with Crippen LogP contribution in [0.2, 0.25) is 0 Å². The van der Waals surface area contributed by atoms with Gasteiger partial charge >= 0.3 is 0 Å². The smallest absolute Gasteiger partial charge is 0.149 e. The molecule has 0 aliphatic carbocycles. The van der Waals surface area contributed by atoms with Gasteiger partial charge in [0.1, 0.15) is 23.8 Å². The summed E-state index contributed by atoms with van der Waals surface area (Å²) < 4.78 is 0. The van der Waals surface area contributed by atoms with Crippen molar-refractivity contribution < 1.29 is 0 Å². The second-order valence-corrected chi connectivity index (χ2v) is 3.55. The van der Waals surface area contributed by atoms with Crippen molar-refractivity contribution in [1.29, 1.82) is 5.26 Å². The van der Waals surface area contributed by atoms with Crippen LogP contribution in [0.1, 0.15) is 18.9 Å². The zero-order valence-electron chi connectivity index (χ0n) is 8.14. The molecule has 1 aromatic heterocycles. The number of nitriles is 1. The fourth-order valence-electron chi connectivity index (χ4n) is 1.66. The lowest BCUT2D eigenvalue weighted by molar-refractivity contribution is 0.395. The Kier molecular flexibility index (Phi) is 2.32. The zero-order valence-corrected chi connectivity index (χ0v) is 8.14. The summed E-state index contributed by atoms with van der Waals surface area (Å²) in [5, 5.41) is 8.85. The van der Waals surface area contributed by atoms with E-state index in [0.29, 0.717) is 5.56 Å². The maximum absolute atomic E-state index is 8.85. The van der Waals surface area contributed by atoms with E-state index in [1.54, 1.807) is 6.20 Å². The summed E-state index contributed by atoms with van der Waals surface area (Å²) in [5.41, 5.74) is 0.571. The third kappa shape index (κ3) is 1.41. The topological polar surface area (TPSA) is 52.8 Å². The van der Waals surface area contributed by atoms with Crippen LogP contribution >= 0.6 is 0 Å². The molecular weight excluding hydrogens is 176 g/mol. The molecule has 0 N–H and O–H groups in total. The van der Waals surface area contributed by atoms with Crippen LogP contribution in [0.25, 0.3) is 0 Å². The van der Waals surface area contributed by atoms with Gasteiger partial charge < -0.3 is 4.90 Å². The van der Waals surface area contributed by atoms with Crippen LogP contribution in [-0.4, -0.2) is 23.1 Å². The van der Waals surface area contributed by atoms with Gasteiger partial charge in [-0.2, -0.15) is 5.26 Å². The summed E-state index contributed by atoms with van der Waals surface area (Å²) >= 11 is 0. The first-order valence-electron chi connectivity index (χ1n) is 4.80. The standard InChI is InChI=1S/C10H12N4/c1-2-8-5-14(6-8)10-9(3-11)4-12-7-13-10/h4,7-8H,2,5-6H2,1H3. The fraction of sp³-hybridized carbons (Fsp3) is 0.500. The first-order chi connectivity index (χ1) is 6.85. The van der Waals surface area contributed by atoms with Gasteiger partial charge in [0.25, 0.3) is 0 Å². The summed E-state index contributed by atoms with van der Waals surface area (Å²) in [4.78, 5) is 10.1. The van der Waals surface area contributed by atoms with Gasteiger partial charge in [-0.1, -0.05) is 6.92 Å². The number of hydrogen-bond acceptors (Lipinski definition) is 4. The molecule has 1 fully saturated rings. The van der Waals surface area contributed by atoms with E-state index in [1.807, 2.05) is 0 Å². The molecule has 1 saturated heterocycles. The van der Waals surface area contributed by atoms with Crippen molar-refractivity contribution in [2.24, 2.45) is 5.92 Å². The third-order valence-electron chi connectivity index (χ3n) is 2.65. The summed E-state index contributed by atoms with van der Waals surface area (Å²) in [7, 11) is 0. The molecule has 0 saturated carbocycles. The highest BCUT2D eigenvalue weighted by Crippen LogP contribution is 2.26. The Morgan fingerprint density at radius 3 is 3.07 bits per heavy atom. The number of hydrogen-bond donors (Lipinski definition) is 0. The van der Waals surface area contributed by atoms with E-state index in [2.05, 4.69) is 27.9 Å². The zero-order chi connectivity index (χ0) is 9.97. The molecule has 2 heterocycles. The molecule has 0 aromatic carbocycles. The molecule has 0 radical (unpaired) electrons. The molecule has 4 heteroatoms. The van der Waals surface area contributed by atoms with Crippen LogP contribution in [0.4, 0.5) is 5.82 Å². The average molecular weight is 188 g/mol. The van der Waals surface area contributed by atoms with Gasteiger partial charge in [0.15, 0.2) is 0 Å². The van der Waals surface area contributed by atoms with Crippen LogP contribution in [0.3, 0.4) is 0 Å². The van der Waals surface area contributed by atoms with Crippen molar-refractivity contribution in [3.05, 3.63) is 18.1 Å². The lowest BCUT2D eigenvalue weighted by atomic mass is 9.97. The van der Waals surface area contributed by atoms with Crippen LogP contribution < -0.4 is 4.90 Å². The van der Waals surface area contributed by atoms with E-state index in [4.69, 9.17) is 5.26 Å². The quantitative estimate of drug-likeness (QED) is 0.699. The lowest BCUT2D eigenvalue weighted by Gasteiger charge is -2.39. The Labute approximate surface area is 83.2 Å². The maximum Gasteiger partial charge on any atom is 0.149 e. The Hall–Kier alpha value is -1.63. The highest BCUT2D eigenvalue weighted by Gasteiger charge is 2.27. The van der Waals surface area contributed by atoms with Crippen LogP contribution in [0.5, 0.6) is 0 Å². The molecule has 1 aliphatic heterocycles. The van der Waals surface area contributed by atoms with Gasteiger partial charge in [0.05, 0.1) is 6.20 Å². The second kappa shape index (κ2) is 3.62. The fourth-order valence-corrected chi connectivity index (χ4v) is 1.66. The van der Waals surface area contributed by atoms with Crippen molar-refractivity contribution in [1.82, 2.24) is 9.97 Å². The van der Waals surface area contributed by atoms with Gasteiger partial charge in [0, 0.05) is 13.1 Å². The van der Waals surface area contributed by atoms with E-state index < -0.39 is 0 Å². The predicted molar refractivity (Wildman–Crippen MR) is 52.7 cm³/mol. The van der Waals surface area contributed by atoms with Crippen molar-refractivity contribution >= 4 is 5.82 Å². The lowest BCUT2D eigenvalue weighted by Crippen LogP contribution is -2.47. The van der Waals surface area contributed by atoms with Gasteiger partial charge in [-0.25, -0.2) is 9.97 Å². The number of aromatic nitrogens is 2. The number of anilines is 1. The predicted octanol–water partition coefficient (Wildman–Crippen LogP) is 1.19. The van der Waals surface area contributed by atoms with Crippen molar-refractivity contribution in [3.63, 3.8) is 0 Å². The molecule has 1 aromatic rings. The van der Waals surface area contributed by atoms with Gasteiger partial charge in [-0.05, 0) is 12.3 Å². The summed E-state index contributed by atoms with van der Waals surface area (Å²) in [6.07, 6.45) is 4.26. The normalized spacial score (nSPS) is 16.1. The molecule has 2 rings (SSSR count). The van der Waals surface area contributed by atoms with E-state index >= 15 is 0 Å². The average Bonchev–Trinajstić information content (AvgIpc) is 2.17. The van der Waals surface area contributed by atoms with Gasteiger partial charge in [0.2, 0.25) is 0 Å². The Balaban J connectivity index is 2.15. The maximum atomic E-state index is 8.85. The number of nitrogens with zero attached hydrogens (tertiary/aromatic N) is 4.